The number of rotatable bonds is 13. The summed E-state index contributed by atoms with van der Waals surface area (Å²) in [6.07, 6.45) is 18.2. The van der Waals surface area contributed by atoms with Crippen LogP contribution in [0.1, 0.15) is 96.0 Å². The zero-order chi connectivity index (χ0) is 31.8. The molecule has 1 atom stereocenters. The number of allylic oxidation sites excluding steroid dienone is 3. The summed E-state index contributed by atoms with van der Waals surface area (Å²) in [4.78, 5) is 0. The maximum atomic E-state index is 15.4. The number of benzene rings is 3. The van der Waals surface area contributed by atoms with Gasteiger partial charge >= 0.3 is 0 Å². The first-order chi connectivity index (χ1) is 21.9. The van der Waals surface area contributed by atoms with Crippen molar-refractivity contribution in [1.82, 2.24) is 0 Å². The predicted octanol–water partition coefficient (Wildman–Crippen LogP) is 12.5. The third-order valence-corrected chi connectivity index (χ3v) is 10.0. The average Bonchev–Trinajstić information content (AvgIpc) is 3.07. The molecule has 1 saturated carbocycles. The maximum absolute atomic E-state index is 15.4. The smallest absolute Gasteiger partial charge is 0.201 e. The highest BCUT2D eigenvalue weighted by atomic mass is 19.2. The molecular weight excluding hydrogens is 572 g/mol. The normalized spacial score (nSPS) is 20.1. The van der Waals surface area contributed by atoms with E-state index in [-0.39, 0.29) is 16.9 Å². The lowest BCUT2D eigenvalue weighted by Gasteiger charge is -2.35. The van der Waals surface area contributed by atoms with Crippen molar-refractivity contribution in [1.29, 1.82) is 0 Å². The number of hydrogen-bond donors (Lipinski definition) is 0. The fraction of sp³-hybridized carbons (Fsp3) is 0.450. The first-order valence-electron chi connectivity index (χ1n) is 16.9. The molecule has 3 aromatic rings. The van der Waals surface area contributed by atoms with Crippen molar-refractivity contribution >= 4 is 5.57 Å². The monoisotopic (exact) mass is 618 g/mol. The molecule has 0 heterocycles. The molecule has 0 bridgehead atoms. The van der Waals surface area contributed by atoms with Gasteiger partial charge in [0.05, 0.1) is 6.61 Å². The lowest BCUT2D eigenvalue weighted by Crippen LogP contribution is -2.23. The summed E-state index contributed by atoms with van der Waals surface area (Å²) < 4.78 is 66.0. The molecule has 2 aliphatic carbocycles. The van der Waals surface area contributed by atoms with Crippen LogP contribution in [0, 0.1) is 41.0 Å². The highest BCUT2D eigenvalue weighted by Crippen LogP contribution is 2.43. The molecule has 5 heteroatoms. The highest BCUT2D eigenvalue weighted by molar-refractivity contribution is 5.74. The van der Waals surface area contributed by atoms with Crippen LogP contribution in [-0.2, 0) is 0 Å². The lowest BCUT2D eigenvalue weighted by atomic mass is 9.70. The minimum atomic E-state index is -1.02. The molecular formula is C40H46F4O. The van der Waals surface area contributed by atoms with Crippen LogP contribution in [0.2, 0.25) is 0 Å². The average molecular weight is 619 g/mol. The number of hydrogen-bond acceptors (Lipinski definition) is 1. The summed E-state index contributed by atoms with van der Waals surface area (Å²) in [5.41, 5.74) is 2.36. The van der Waals surface area contributed by atoms with Gasteiger partial charge in [-0.15, -0.1) is 6.58 Å². The summed E-state index contributed by atoms with van der Waals surface area (Å²) >= 11 is 0. The molecule has 0 saturated heterocycles. The van der Waals surface area contributed by atoms with Gasteiger partial charge in [0.25, 0.3) is 0 Å². The van der Waals surface area contributed by atoms with E-state index in [1.54, 1.807) is 36.4 Å². The minimum Gasteiger partial charge on any atom is -0.490 e. The molecule has 1 nitrogen and oxygen atoms in total. The molecule has 1 unspecified atom stereocenters. The van der Waals surface area contributed by atoms with Crippen LogP contribution in [0.5, 0.6) is 5.75 Å². The van der Waals surface area contributed by atoms with Gasteiger partial charge in [0.1, 0.15) is 0 Å². The van der Waals surface area contributed by atoms with Crippen LogP contribution >= 0.6 is 0 Å². The third-order valence-electron chi connectivity index (χ3n) is 10.0. The van der Waals surface area contributed by atoms with E-state index in [0.717, 1.165) is 68.8 Å². The second-order valence-electron chi connectivity index (χ2n) is 12.9. The Balaban J connectivity index is 1.23. The van der Waals surface area contributed by atoms with Crippen molar-refractivity contribution in [2.24, 2.45) is 17.8 Å². The SMILES string of the molecule is C=CCCC1CCC(C2CC=C(c3ccc(-c4ccc(-c5ccc(OCCCCCC)c(F)c5F)cc4)c(F)c3F)CC2)CC1. The molecule has 5 rings (SSSR count). The van der Waals surface area contributed by atoms with Gasteiger partial charge in [-0.1, -0.05) is 87.6 Å². The minimum absolute atomic E-state index is 0.0858. The van der Waals surface area contributed by atoms with Gasteiger partial charge in [-0.05, 0) is 98.0 Å². The van der Waals surface area contributed by atoms with E-state index in [0.29, 0.717) is 29.2 Å². The number of unbranched alkanes of at least 4 members (excludes halogenated alkanes) is 3. The molecule has 240 valence electrons. The fourth-order valence-corrected chi connectivity index (χ4v) is 7.26. The standard InChI is InChI=1S/C40H46F4O/c1-3-5-7-8-26-45-36-25-24-35(39(43)40(36)44)32-20-18-31(19-21-32)34-23-22-33(37(41)38(34)42)30-16-14-29(15-17-30)28-12-10-27(11-13-28)9-6-4-2/h4,16,18-25,27-29H,2-3,5-15,17,26H2,1H3. The second-order valence-corrected chi connectivity index (χ2v) is 12.9. The van der Waals surface area contributed by atoms with Crippen molar-refractivity contribution in [3.05, 3.63) is 96.1 Å². The fourth-order valence-electron chi connectivity index (χ4n) is 7.26. The Morgan fingerprint density at radius 3 is 1.96 bits per heavy atom. The van der Waals surface area contributed by atoms with E-state index in [2.05, 4.69) is 19.6 Å². The van der Waals surface area contributed by atoms with Crippen LogP contribution in [0.4, 0.5) is 17.6 Å². The van der Waals surface area contributed by atoms with E-state index in [1.165, 1.54) is 44.2 Å². The van der Waals surface area contributed by atoms with Gasteiger partial charge in [-0.2, -0.15) is 4.39 Å². The predicted molar refractivity (Wildman–Crippen MR) is 177 cm³/mol. The van der Waals surface area contributed by atoms with E-state index < -0.39 is 23.3 Å². The summed E-state index contributed by atoms with van der Waals surface area (Å²) in [6, 6.07) is 12.6. The Morgan fingerprint density at radius 1 is 0.711 bits per heavy atom. The van der Waals surface area contributed by atoms with E-state index in [4.69, 9.17) is 4.74 Å². The third kappa shape index (κ3) is 7.91. The molecule has 0 radical (unpaired) electrons. The molecule has 0 aliphatic heterocycles. The molecule has 0 amide bonds. The second kappa shape index (κ2) is 15.8. The Labute approximate surface area is 266 Å². The summed E-state index contributed by atoms with van der Waals surface area (Å²) in [6.45, 7) is 6.29. The van der Waals surface area contributed by atoms with Crippen molar-refractivity contribution < 1.29 is 22.3 Å². The van der Waals surface area contributed by atoms with E-state index in [9.17, 15) is 8.78 Å². The molecule has 0 spiro atoms. The summed E-state index contributed by atoms with van der Waals surface area (Å²) in [7, 11) is 0. The van der Waals surface area contributed by atoms with Crippen LogP contribution in [0.15, 0.2) is 67.3 Å². The molecule has 0 N–H and O–H groups in total. The Hall–Kier alpha value is -3.34. The van der Waals surface area contributed by atoms with E-state index in [1.807, 2.05) is 6.08 Å². The van der Waals surface area contributed by atoms with Crippen LogP contribution < -0.4 is 4.74 Å². The zero-order valence-corrected chi connectivity index (χ0v) is 26.5. The van der Waals surface area contributed by atoms with Crippen LogP contribution in [0.3, 0.4) is 0 Å². The van der Waals surface area contributed by atoms with Gasteiger partial charge in [-0.3, -0.25) is 0 Å². The van der Waals surface area contributed by atoms with Crippen molar-refractivity contribution in [2.75, 3.05) is 6.61 Å². The van der Waals surface area contributed by atoms with Gasteiger partial charge in [0.2, 0.25) is 5.82 Å². The zero-order valence-electron chi connectivity index (χ0n) is 26.5. The van der Waals surface area contributed by atoms with E-state index >= 15 is 8.78 Å². The molecule has 45 heavy (non-hydrogen) atoms. The largest absolute Gasteiger partial charge is 0.490 e. The van der Waals surface area contributed by atoms with Gasteiger partial charge in [-0.25, -0.2) is 13.2 Å². The molecule has 1 fully saturated rings. The van der Waals surface area contributed by atoms with Gasteiger partial charge in [0.15, 0.2) is 23.2 Å². The molecule has 0 aromatic heterocycles. The quantitative estimate of drug-likeness (QED) is 0.105. The Bertz CT molecular complexity index is 1470. The number of ether oxygens (including phenoxy) is 1. The Kier molecular flexibility index (Phi) is 11.6. The van der Waals surface area contributed by atoms with Gasteiger partial charge < -0.3 is 4.74 Å². The van der Waals surface area contributed by atoms with Crippen LogP contribution in [-0.4, -0.2) is 6.61 Å². The van der Waals surface area contributed by atoms with Crippen molar-refractivity contribution in [3.8, 4) is 28.0 Å². The lowest BCUT2D eigenvalue weighted by molar-refractivity contribution is 0.190. The molecule has 3 aromatic carbocycles. The molecule has 2 aliphatic rings. The first kappa shape index (κ1) is 33.0. The summed E-state index contributed by atoms with van der Waals surface area (Å²) in [5.74, 6) is -1.67. The number of halogens is 4. The first-order valence-corrected chi connectivity index (χ1v) is 16.9. The van der Waals surface area contributed by atoms with Crippen molar-refractivity contribution in [3.63, 3.8) is 0 Å². The van der Waals surface area contributed by atoms with Crippen LogP contribution in [0.25, 0.3) is 27.8 Å². The summed E-state index contributed by atoms with van der Waals surface area (Å²) in [5, 5.41) is 0. The maximum Gasteiger partial charge on any atom is 0.201 e. The van der Waals surface area contributed by atoms with Crippen molar-refractivity contribution in [2.45, 2.75) is 90.4 Å². The highest BCUT2D eigenvalue weighted by Gasteiger charge is 2.29. The topological polar surface area (TPSA) is 9.23 Å². The van der Waals surface area contributed by atoms with Gasteiger partial charge in [0, 0.05) is 16.7 Å². The Morgan fingerprint density at radius 2 is 1.33 bits per heavy atom.